The van der Waals surface area contributed by atoms with Gasteiger partial charge in [-0.25, -0.2) is 9.97 Å². The summed E-state index contributed by atoms with van der Waals surface area (Å²) in [6.07, 6.45) is 3.53. The Morgan fingerprint density at radius 3 is 1.45 bits per heavy atom. The third-order valence-corrected chi connectivity index (χ3v) is 5.71. The Labute approximate surface area is 219 Å². The molecule has 2 heterocycles. The van der Waals surface area contributed by atoms with Gasteiger partial charge in [0.15, 0.2) is 0 Å². The van der Waals surface area contributed by atoms with Crippen molar-refractivity contribution in [1.82, 2.24) is 19.1 Å². The van der Waals surface area contributed by atoms with Gasteiger partial charge in [0.1, 0.15) is 22.5 Å². The van der Waals surface area contributed by atoms with Crippen LogP contribution in [0.25, 0.3) is 22.1 Å². The molecule has 4 aromatic rings. The molecule has 0 fully saturated rings. The molecule has 12 heteroatoms. The zero-order valence-electron chi connectivity index (χ0n) is 21.8. The van der Waals surface area contributed by atoms with Crippen molar-refractivity contribution in [2.24, 2.45) is 11.5 Å². The monoisotopic (exact) mass is 520 g/mol. The Hall–Kier alpha value is -4.74. The number of allylic oxidation sites excluding steroid dienone is 2. The number of fused-ring (bicyclic) bond motifs is 2. The van der Waals surface area contributed by atoms with Gasteiger partial charge < -0.3 is 41.5 Å². The second-order valence-electron chi connectivity index (χ2n) is 9.38. The number of ether oxygens (including phenoxy) is 2. The Morgan fingerprint density at radius 2 is 1.13 bits per heavy atom. The number of nitrogen functional groups attached to an aromatic ring is 2. The number of benzene rings is 2. The minimum atomic E-state index is -0.581. The molecule has 0 atom stereocenters. The van der Waals surface area contributed by atoms with Crippen molar-refractivity contribution in [3.05, 3.63) is 47.5 Å². The molecule has 0 aliphatic rings. The lowest BCUT2D eigenvalue weighted by Gasteiger charge is -2.14. The van der Waals surface area contributed by atoms with Crippen molar-refractivity contribution >= 4 is 45.8 Å². The van der Waals surface area contributed by atoms with Gasteiger partial charge in [-0.1, -0.05) is 12.2 Å². The molecule has 0 saturated carbocycles. The Morgan fingerprint density at radius 1 is 0.763 bits per heavy atom. The number of hydrogen-bond donors (Lipinski definition) is 4. The SMILES string of the molecule is CC(C)Oc1cc(C(N)=O)cc2nc(N)n(C/C=C/Cn3c(N)nc4cc(C(N)=O)cc(OC(C)C)c43)c12. The normalized spacial score (nSPS) is 11.8. The minimum Gasteiger partial charge on any atom is -0.489 e. The van der Waals surface area contributed by atoms with Crippen LogP contribution in [-0.2, 0) is 13.1 Å². The van der Waals surface area contributed by atoms with Crippen LogP contribution in [0.4, 0.5) is 11.9 Å². The lowest BCUT2D eigenvalue weighted by molar-refractivity contribution is 0.0991. The Kier molecular flexibility index (Phi) is 7.15. The maximum absolute atomic E-state index is 11.8. The molecule has 38 heavy (non-hydrogen) atoms. The number of rotatable bonds is 10. The van der Waals surface area contributed by atoms with Gasteiger partial charge in [-0.15, -0.1) is 0 Å². The maximum Gasteiger partial charge on any atom is 0.248 e. The van der Waals surface area contributed by atoms with Crippen LogP contribution in [0.3, 0.4) is 0 Å². The summed E-state index contributed by atoms with van der Waals surface area (Å²) in [5.41, 5.74) is 26.3. The van der Waals surface area contributed by atoms with E-state index in [1.54, 1.807) is 33.4 Å². The van der Waals surface area contributed by atoms with Crippen molar-refractivity contribution in [1.29, 1.82) is 0 Å². The average Bonchev–Trinajstić information content (AvgIpc) is 3.31. The largest absolute Gasteiger partial charge is 0.489 e. The van der Waals surface area contributed by atoms with Crippen molar-refractivity contribution in [2.75, 3.05) is 11.5 Å². The fourth-order valence-electron chi connectivity index (χ4n) is 4.20. The van der Waals surface area contributed by atoms with Crippen LogP contribution in [0.2, 0.25) is 0 Å². The number of amides is 2. The molecule has 2 aromatic carbocycles. The van der Waals surface area contributed by atoms with Gasteiger partial charge >= 0.3 is 0 Å². The molecule has 2 amide bonds. The molecular weight excluding hydrogens is 488 g/mol. The van der Waals surface area contributed by atoms with Crippen LogP contribution < -0.4 is 32.4 Å². The second-order valence-corrected chi connectivity index (χ2v) is 9.38. The molecule has 0 saturated heterocycles. The van der Waals surface area contributed by atoms with E-state index in [0.717, 1.165) is 0 Å². The lowest BCUT2D eigenvalue weighted by Crippen LogP contribution is -2.13. The summed E-state index contributed by atoms with van der Waals surface area (Å²) in [7, 11) is 0. The molecule has 8 N–H and O–H groups in total. The maximum atomic E-state index is 11.8. The molecule has 0 radical (unpaired) electrons. The number of nitrogens with zero attached hydrogens (tertiary/aromatic N) is 4. The van der Waals surface area contributed by atoms with E-state index in [1.165, 1.54) is 0 Å². The summed E-state index contributed by atoms with van der Waals surface area (Å²) < 4.78 is 15.5. The number of anilines is 2. The van der Waals surface area contributed by atoms with Gasteiger partial charge in [0, 0.05) is 24.2 Å². The van der Waals surface area contributed by atoms with E-state index in [-0.39, 0.29) is 35.2 Å². The number of hydrogen-bond acceptors (Lipinski definition) is 8. The summed E-state index contributed by atoms with van der Waals surface area (Å²) in [6, 6.07) is 6.38. The summed E-state index contributed by atoms with van der Waals surface area (Å²) >= 11 is 0. The molecular formula is C26H32N8O4. The predicted octanol–water partition coefficient (Wildman–Crippen LogP) is 2.58. The molecule has 12 nitrogen and oxygen atoms in total. The van der Waals surface area contributed by atoms with Gasteiger partial charge in [-0.05, 0) is 52.0 Å². The Bertz CT molecular complexity index is 1450. The third-order valence-electron chi connectivity index (χ3n) is 5.71. The number of nitrogens with two attached hydrogens (primary N) is 4. The van der Waals surface area contributed by atoms with E-state index in [4.69, 9.17) is 32.4 Å². The lowest BCUT2D eigenvalue weighted by atomic mass is 10.1. The highest BCUT2D eigenvalue weighted by Gasteiger charge is 2.19. The van der Waals surface area contributed by atoms with Crippen LogP contribution in [0, 0.1) is 0 Å². The zero-order chi connectivity index (χ0) is 27.7. The van der Waals surface area contributed by atoms with Crippen LogP contribution in [0.1, 0.15) is 48.4 Å². The van der Waals surface area contributed by atoms with E-state index in [1.807, 2.05) is 39.8 Å². The summed E-state index contributed by atoms with van der Waals surface area (Å²) in [6.45, 7) is 8.29. The first-order valence-corrected chi connectivity index (χ1v) is 12.1. The average molecular weight is 521 g/mol. The van der Waals surface area contributed by atoms with Gasteiger partial charge in [0.25, 0.3) is 0 Å². The van der Waals surface area contributed by atoms with Crippen LogP contribution in [0.5, 0.6) is 11.5 Å². The number of carbonyl (C=O) groups excluding carboxylic acids is 2. The third kappa shape index (κ3) is 5.19. The van der Waals surface area contributed by atoms with E-state index in [0.29, 0.717) is 46.7 Å². The number of carbonyl (C=O) groups is 2. The van der Waals surface area contributed by atoms with Crippen molar-refractivity contribution in [2.45, 2.75) is 53.0 Å². The van der Waals surface area contributed by atoms with Crippen LogP contribution in [-0.4, -0.2) is 43.1 Å². The number of imidazole rings is 2. The van der Waals surface area contributed by atoms with Crippen molar-refractivity contribution < 1.29 is 19.1 Å². The van der Waals surface area contributed by atoms with Crippen molar-refractivity contribution in [3.8, 4) is 11.5 Å². The highest BCUT2D eigenvalue weighted by molar-refractivity contribution is 5.99. The number of primary amides is 2. The molecule has 0 aliphatic heterocycles. The van der Waals surface area contributed by atoms with E-state index in [2.05, 4.69) is 9.97 Å². The first-order valence-electron chi connectivity index (χ1n) is 12.1. The van der Waals surface area contributed by atoms with E-state index in [9.17, 15) is 9.59 Å². The fraction of sp³-hybridized carbons (Fsp3) is 0.308. The van der Waals surface area contributed by atoms with Crippen molar-refractivity contribution in [3.63, 3.8) is 0 Å². The summed E-state index contributed by atoms with van der Waals surface area (Å²) in [5.74, 6) is 0.298. The first-order chi connectivity index (χ1) is 18.0. The van der Waals surface area contributed by atoms with E-state index >= 15 is 0 Å². The summed E-state index contributed by atoms with van der Waals surface area (Å²) in [5, 5.41) is 0. The van der Waals surface area contributed by atoms with Gasteiger partial charge in [0.2, 0.25) is 23.7 Å². The van der Waals surface area contributed by atoms with Crippen LogP contribution in [0.15, 0.2) is 36.4 Å². The van der Waals surface area contributed by atoms with Gasteiger partial charge in [-0.3, -0.25) is 9.59 Å². The van der Waals surface area contributed by atoms with Gasteiger partial charge in [0.05, 0.1) is 23.2 Å². The predicted molar refractivity (Wildman–Crippen MR) is 146 cm³/mol. The van der Waals surface area contributed by atoms with E-state index < -0.39 is 11.8 Å². The molecule has 4 rings (SSSR count). The van der Waals surface area contributed by atoms with Gasteiger partial charge in [-0.2, -0.15) is 0 Å². The quantitative estimate of drug-likeness (QED) is 0.229. The fourth-order valence-corrected chi connectivity index (χ4v) is 4.20. The molecule has 0 aliphatic carbocycles. The molecule has 0 unspecified atom stereocenters. The Balaban J connectivity index is 1.67. The zero-order valence-corrected chi connectivity index (χ0v) is 21.8. The molecule has 2 aromatic heterocycles. The first kappa shape index (κ1) is 26.3. The minimum absolute atomic E-state index is 0.142. The number of aromatic nitrogens is 4. The molecule has 0 spiro atoms. The second kappa shape index (κ2) is 10.3. The molecule has 200 valence electrons. The van der Waals surface area contributed by atoms with Crippen LogP contribution >= 0.6 is 0 Å². The standard InChI is InChI=1S/C26H32N8O4/c1-13(2)37-19-11-15(23(27)35)9-17-21(19)33(25(29)31-17)7-5-6-8-34-22-18(32-26(34)30)10-16(24(28)36)12-20(22)38-14(3)4/h5-6,9-14H,7-8H2,1-4H3,(H2,27,35)(H2,28,36)(H2,29,31)(H2,30,32)/b6-5+. The highest BCUT2D eigenvalue weighted by atomic mass is 16.5. The smallest absolute Gasteiger partial charge is 0.248 e. The highest BCUT2D eigenvalue weighted by Crippen LogP contribution is 2.32. The topological polar surface area (TPSA) is 192 Å². The molecule has 0 bridgehead atoms. The summed E-state index contributed by atoms with van der Waals surface area (Å²) in [4.78, 5) is 32.4.